The fourth-order valence-electron chi connectivity index (χ4n) is 8.82. The van der Waals surface area contributed by atoms with Crippen LogP contribution in [0, 0.1) is 27.3 Å². The summed E-state index contributed by atoms with van der Waals surface area (Å²) in [5.41, 5.74) is 12.7. The predicted molar refractivity (Wildman–Crippen MR) is 237 cm³/mol. The number of rotatable bonds is 5. The monoisotopic (exact) mass is 771 g/mol. The Morgan fingerprint density at radius 3 is 1.41 bits per heavy atom. The van der Waals surface area contributed by atoms with Crippen molar-refractivity contribution in [2.24, 2.45) is 0 Å². The van der Waals surface area contributed by atoms with E-state index in [1.807, 2.05) is 36.4 Å². The van der Waals surface area contributed by atoms with Gasteiger partial charge in [0.05, 0.1) is 45.6 Å². The van der Waals surface area contributed by atoms with Crippen molar-refractivity contribution in [1.82, 2.24) is 9.13 Å². The molecule has 0 saturated carbocycles. The molecule has 0 bridgehead atoms. The molecule has 0 aliphatic carbocycles. The molecule has 0 aliphatic rings. The number of aryl methyl sites for hydroxylation is 3. The first kappa shape index (κ1) is 36.0. The zero-order valence-electron chi connectivity index (χ0n) is 32.6. The number of benzene rings is 8. The second kappa shape index (κ2) is 13.6. The number of halogens is 3. The maximum atomic E-state index is 14.3. The van der Waals surface area contributed by atoms with E-state index in [-0.39, 0.29) is 5.69 Å². The van der Waals surface area contributed by atoms with Gasteiger partial charge in [-0.3, -0.25) is 0 Å². The Hall–Kier alpha value is -7.36. The second-order valence-corrected chi connectivity index (χ2v) is 15.5. The van der Waals surface area contributed by atoms with Crippen molar-refractivity contribution >= 4 is 49.3 Å². The molecule has 0 atom stereocenters. The van der Waals surface area contributed by atoms with Crippen LogP contribution in [0.25, 0.3) is 93.2 Å². The summed E-state index contributed by atoms with van der Waals surface area (Å²) >= 11 is 0. The highest BCUT2D eigenvalue weighted by Gasteiger charge is 2.31. The van der Waals surface area contributed by atoms with Crippen LogP contribution in [0.15, 0.2) is 164 Å². The molecule has 0 aliphatic heterocycles. The van der Waals surface area contributed by atoms with E-state index in [1.54, 1.807) is 13.0 Å². The van der Waals surface area contributed by atoms with E-state index in [2.05, 4.69) is 137 Å². The Balaban J connectivity index is 1.32. The van der Waals surface area contributed by atoms with Crippen LogP contribution >= 0.6 is 0 Å². The molecule has 2 aromatic heterocycles. The minimum atomic E-state index is -4.55. The molecular formula is C53H36F3N3. The van der Waals surface area contributed by atoms with E-state index >= 15 is 0 Å². The third kappa shape index (κ3) is 6.06. The lowest BCUT2D eigenvalue weighted by Gasteiger charge is -2.20. The van der Waals surface area contributed by atoms with Gasteiger partial charge in [0.1, 0.15) is 0 Å². The Morgan fingerprint density at radius 1 is 0.424 bits per heavy atom. The van der Waals surface area contributed by atoms with Crippen LogP contribution in [-0.4, -0.2) is 9.13 Å². The third-order valence-electron chi connectivity index (χ3n) is 11.5. The van der Waals surface area contributed by atoms with Crippen molar-refractivity contribution in [3.8, 4) is 44.8 Å². The number of nitrogens with zero attached hydrogens (tertiary/aromatic N) is 3. The van der Waals surface area contributed by atoms with E-state index in [0.717, 1.165) is 89.4 Å². The maximum Gasteiger partial charge on any atom is 0.416 e. The SMILES string of the molecule is [C-]#[N+]c1cc(-n2c3ccccc3c3cc(-c4cccc(C)c4)ccc32)c(-n2c3ccccc3c3cc(-c4cccc(C)c4)ccc32)cc1-c1cc(C)cc(C(F)(F)F)c1. The smallest absolute Gasteiger partial charge is 0.308 e. The summed E-state index contributed by atoms with van der Waals surface area (Å²) in [5, 5.41) is 4.19. The van der Waals surface area contributed by atoms with Crippen molar-refractivity contribution in [3.05, 3.63) is 197 Å². The van der Waals surface area contributed by atoms with Crippen molar-refractivity contribution < 1.29 is 13.2 Å². The third-order valence-corrected chi connectivity index (χ3v) is 11.5. The number of fused-ring (bicyclic) bond motifs is 6. The van der Waals surface area contributed by atoms with Gasteiger partial charge >= 0.3 is 6.18 Å². The average Bonchev–Trinajstić information content (AvgIpc) is 3.74. The van der Waals surface area contributed by atoms with Gasteiger partial charge in [-0.2, -0.15) is 13.2 Å². The van der Waals surface area contributed by atoms with E-state index in [0.29, 0.717) is 16.7 Å². The quantitative estimate of drug-likeness (QED) is 0.155. The highest BCUT2D eigenvalue weighted by Crippen LogP contribution is 2.45. The minimum Gasteiger partial charge on any atom is -0.308 e. The fourth-order valence-corrected chi connectivity index (χ4v) is 8.82. The zero-order valence-corrected chi connectivity index (χ0v) is 32.6. The normalized spacial score (nSPS) is 11.9. The summed E-state index contributed by atoms with van der Waals surface area (Å²) < 4.78 is 47.3. The van der Waals surface area contributed by atoms with Crippen LogP contribution in [0.3, 0.4) is 0 Å². The molecule has 59 heavy (non-hydrogen) atoms. The number of aromatic nitrogens is 2. The van der Waals surface area contributed by atoms with Crippen molar-refractivity contribution in [2.75, 3.05) is 0 Å². The molecule has 10 aromatic rings. The number of para-hydroxylation sites is 2. The lowest BCUT2D eigenvalue weighted by atomic mass is 9.97. The molecule has 2 heterocycles. The molecular weight excluding hydrogens is 736 g/mol. The van der Waals surface area contributed by atoms with Gasteiger partial charge in [-0.05, 0) is 120 Å². The molecule has 8 aromatic carbocycles. The molecule has 0 amide bonds. The van der Waals surface area contributed by atoms with Crippen LogP contribution in [0.5, 0.6) is 0 Å². The van der Waals surface area contributed by atoms with Crippen molar-refractivity contribution in [3.63, 3.8) is 0 Å². The summed E-state index contributed by atoms with van der Waals surface area (Å²) in [4.78, 5) is 4.01. The maximum absolute atomic E-state index is 14.3. The van der Waals surface area contributed by atoms with Gasteiger partial charge in [0.2, 0.25) is 0 Å². The van der Waals surface area contributed by atoms with Gasteiger partial charge in [0.25, 0.3) is 0 Å². The Labute approximate surface area is 339 Å². The highest BCUT2D eigenvalue weighted by molar-refractivity contribution is 6.13. The van der Waals surface area contributed by atoms with Crippen LogP contribution in [-0.2, 0) is 6.18 Å². The zero-order chi connectivity index (χ0) is 40.6. The van der Waals surface area contributed by atoms with E-state index in [4.69, 9.17) is 6.57 Å². The molecule has 6 heteroatoms. The lowest BCUT2D eigenvalue weighted by molar-refractivity contribution is -0.137. The van der Waals surface area contributed by atoms with Crippen LogP contribution < -0.4 is 0 Å². The first-order valence-electron chi connectivity index (χ1n) is 19.5. The number of hydrogen-bond donors (Lipinski definition) is 0. The van der Waals surface area contributed by atoms with E-state index < -0.39 is 11.7 Å². The van der Waals surface area contributed by atoms with Gasteiger partial charge in [-0.25, -0.2) is 4.85 Å². The van der Waals surface area contributed by atoms with E-state index in [9.17, 15) is 13.2 Å². The van der Waals surface area contributed by atoms with Crippen molar-refractivity contribution in [2.45, 2.75) is 26.9 Å². The largest absolute Gasteiger partial charge is 0.416 e. The fraction of sp³-hybridized carbons (Fsp3) is 0.0755. The summed E-state index contributed by atoms with van der Waals surface area (Å²) in [6, 6.07) is 54.2. The second-order valence-electron chi connectivity index (χ2n) is 15.5. The molecule has 10 rings (SSSR count). The van der Waals surface area contributed by atoms with Gasteiger partial charge in [-0.1, -0.05) is 114 Å². The lowest BCUT2D eigenvalue weighted by Crippen LogP contribution is -2.06. The first-order valence-corrected chi connectivity index (χ1v) is 19.5. The standard InChI is InChI=1S/C53H36F3N3/c1-32-11-9-13-35(23-32)37-19-21-49-44(28-37)41-15-5-7-17-47(41)58(49)51-30-43(39-25-34(3)26-40(27-39)53(54,55)56)46(57-4)31-52(51)59-48-18-8-6-16-42(48)45-29-38(20-22-50(45)59)36-14-10-12-33(2)24-36/h5-31H,1-3H3. The molecule has 0 radical (unpaired) electrons. The van der Waals surface area contributed by atoms with Gasteiger partial charge < -0.3 is 9.13 Å². The van der Waals surface area contributed by atoms with Gasteiger partial charge in [-0.15, -0.1) is 0 Å². The molecule has 284 valence electrons. The number of alkyl halides is 3. The van der Waals surface area contributed by atoms with Gasteiger partial charge in [0.15, 0.2) is 5.69 Å². The Morgan fingerprint density at radius 2 is 0.898 bits per heavy atom. The molecule has 0 unspecified atom stereocenters. The molecule has 0 saturated heterocycles. The highest BCUT2D eigenvalue weighted by atomic mass is 19.4. The van der Waals surface area contributed by atoms with Crippen molar-refractivity contribution in [1.29, 1.82) is 0 Å². The van der Waals surface area contributed by atoms with Gasteiger partial charge in [0, 0.05) is 21.5 Å². The molecule has 3 nitrogen and oxygen atoms in total. The molecule has 0 fully saturated rings. The number of hydrogen-bond acceptors (Lipinski definition) is 0. The Bertz CT molecular complexity index is 3370. The average molecular weight is 772 g/mol. The summed E-state index contributed by atoms with van der Waals surface area (Å²) in [5.74, 6) is 0. The van der Waals surface area contributed by atoms with E-state index in [1.165, 1.54) is 11.1 Å². The summed E-state index contributed by atoms with van der Waals surface area (Å²) in [6.45, 7) is 14.3. The summed E-state index contributed by atoms with van der Waals surface area (Å²) in [6.07, 6.45) is -4.55. The Kier molecular flexibility index (Phi) is 8.33. The molecule has 0 N–H and O–H groups in total. The van der Waals surface area contributed by atoms with Crippen LogP contribution in [0.4, 0.5) is 18.9 Å². The first-order chi connectivity index (χ1) is 28.6. The minimum absolute atomic E-state index is 0.257. The predicted octanol–water partition coefficient (Wildman–Crippen LogP) is 15.4. The summed E-state index contributed by atoms with van der Waals surface area (Å²) in [7, 11) is 0. The van der Waals surface area contributed by atoms with Crippen LogP contribution in [0.2, 0.25) is 0 Å². The van der Waals surface area contributed by atoms with Crippen LogP contribution in [0.1, 0.15) is 22.3 Å². The molecule has 0 spiro atoms. The topological polar surface area (TPSA) is 14.2 Å².